The third-order valence-electron chi connectivity index (χ3n) is 3.47. The number of ether oxygens (including phenoxy) is 1. The number of aromatic nitrogens is 3. The summed E-state index contributed by atoms with van der Waals surface area (Å²) < 4.78 is 67.7. The van der Waals surface area contributed by atoms with Gasteiger partial charge in [-0.3, -0.25) is 10.1 Å². The largest absolute Gasteiger partial charge is 0.501 e. The van der Waals surface area contributed by atoms with Crippen LogP contribution in [-0.2, 0) is 9.84 Å². The highest BCUT2D eigenvalue weighted by Gasteiger charge is 2.47. The van der Waals surface area contributed by atoms with Gasteiger partial charge >= 0.3 is 11.2 Å². The van der Waals surface area contributed by atoms with Crippen molar-refractivity contribution < 1.29 is 31.2 Å². The van der Waals surface area contributed by atoms with Crippen LogP contribution in [0.1, 0.15) is 0 Å². The summed E-state index contributed by atoms with van der Waals surface area (Å²) in [6.07, 6.45) is 2.97. The van der Waals surface area contributed by atoms with Gasteiger partial charge in [-0.05, 0) is 24.3 Å². The smallest absolute Gasteiger partial charge is 0.450 e. The van der Waals surface area contributed by atoms with Gasteiger partial charge in [-0.2, -0.15) is 13.2 Å². The Morgan fingerprint density at radius 3 is 2.50 bits per heavy atom. The van der Waals surface area contributed by atoms with Crippen molar-refractivity contribution in [2.45, 2.75) is 10.4 Å². The first-order valence-electron chi connectivity index (χ1n) is 7.34. The minimum Gasteiger partial charge on any atom is -0.450 e. The first kappa shape index (κ1) is 19.3. The van der Waals surface area contributed by atoms with Crippen LogP contribution < -0.4 is 4.74 Å². The lowest BCUT2D eigenvalue weighted by Gasteiger charge is -2.11. The molecular weight excluding hydrogens is 405 g/mol. The second-order valence-corrected chi connectivity index (χ2v) is 7.22. The van der Waals surface area contributed by atoms with Crippen LogP contribution in [0.4, 0.5) is 18.9 Å². The summed E-state index contributed by atoms with van der Waals surface area (Å²) in [5.74, 6) is -0.315. The zero-order chi connectivity index (χ0) is 20.5. The molecule has 0 saturated heterocycles. The Kier molecular flexibility index (Phi) is 4.77. The normalized spacial score (nSPS) is 12.0. The molecule has 3 aromatic rings. The number of benzene rings is 2. The fraction of sp³-hybridized carbons (Fsp3) is 0.0667. The fourth-order valence-electron chi connectivity index (χ4n) is 2.19. The van der Waals surface area contributed by atoms with Gasteiger partial charge in [0.05, 0.1) is 27.9 Å². The third kappa shape index (κ3) is 3.64. The molecule has 1 heterocycles. The minimum absolute atomic E-state index is 0.113. The van der Waals surface area contributed by atoms with Gasteiger partial charge in [0.2, 0.25) is 5.75 Å². The number of nitro groups is 1. The van der Waals surface area contributed by atoms with E-state index in [-0.39, 0.29) is 5.75 Å². The Morgan fingerprint density at radius 1 is 1.14 bits per heavy atom. The third-order valence-corrected chi connectivity index (χ3v) is 4.96. The molecule has 0 radical (unpaired) electrons. The van der Waals surface area contributed by atoms with Crippen molar-refractivity contribution in [1.29, 1.82) is 0 Å². The van der Waals surface area contributed by atoms with E-state index in [4.69, 9.17) is 4.74 Å². The summed E-state index contributed by atoms with van der Waals surface area (Å²) >= 11 is 0. The Hall–Kier alpha value is -3.48. The molecule has 0 spiro atoms. The zero-order valence-electron chi connectivity index (χ0n) is 13.6. The Morgan fingerprint density at radius 2 is 1.89 bits per heavy atom. The summed E-state index contributed by atoms with van der Waals surface area (Å²) in [7, 11) is -5.74. The summed E-state index contributed by atoms with van der Waals surface area (Å²) in [5, 5.41) is 18.6. The van der Waals surface area contributed by atoms with Gasteiger partial charge in [-0.25, -0.2) is 13.1 Å². The van der Waals surface area contributed by atoms with E-state index in [0.29, 0.717) is 17.8 Å². The number of hydrogen-bond acceptors (Lipinski definition) is 7. The van der Waals surface area contributed by atoms with Gasteiger partial charge < -0.3 is 4.74 Å². The molecule has 0 bridgehead atoms. The van der Waals surface area contributed by atoms with Crippen LogP contribution >= 0.6 is 0 Å². The molecule has 0 N–H and O–H groups in total. The maximum Gasteiger partial charge on any atom is 0.501 e. The van der Waals surface area contributed by atoms with Gasteiger partial charge in [0.15, 0.2) is 0 Å². The molecule has 0 fully saturated rings. The van der Waals surface area contributed by atoms with Crippen molar-refractivity contribution in [2.75, 3.05) is 0 Å². The van der Waals surface area contributed by atoms with Crippen molar-refractivity contribution in [1.82, 2.24) is 15.0 Å². The van der Waals surface area contributed by atoms with Crippen LogP contribution in [0, 0.1) is 10.1 Å². The lowest BCUT2D eigenvalue weighted by molar-refractivity contribution is -0.385. The lowest BCUT2D eigenvalue weighted by atomic mass is 10.2. The van der Waals surface area contributed by atoms with Crippen molar-refractivity contribution in [3.8, 4) is 17.2 Å². The van der Waals surface area contributed by atoms with E-state index in [1.54, 1.807) is 18.3 Å². The number of rotatable bonds is 5. The van der Waals surface area contributed by atoms with Crippen molar-refractivity contribution in [3.05, 3.63) is 65.0 Å². The van der Waals surface area contributed by atoms with Gasteiger partial charge in [-0.15, -0.1) is 5.10 Å². The van der Waals surface area contributed by atoms with E-state index in [1.807, 2.05) is 0 Å². The van der Waals surface area contributed by atoms with Gasteiger partial charge in [0, 0.05) is 12.1 Å². The predicted molar refractivity (Wildman–Crippen MR) is 87.8 cm³/mol. The fourth-order valence-corrected chi connectivity index (χ4v) is 2.97. The van der Waals surface area contributed by atoms with Crippen molar-refractivity contribution in [2.24, 2.45) is 0 Å². The van der Waals surface area contributed by atoms with Gasteiger partial charge in [-0.1, -0.05) is 11.3 Å². The Balaban J connectivity index is 2.00. The molecule has 0 amide bonds. The van der Waals surface area contributed by atoms with E-state index >= 15 is 0 Å². The number of alkyl halides is 3. The lowest BCUT2D eigenvalue weighted by Crippen LogP contribution is -2.23. The Labute approximate surface area is 155 Å². The van der Waals surface area contributed by atoms with Crippen LogP contribution in [0.3, 0.4) is 0 Å². The SMILES string of the molecule is O=[N+]([O-])c1cc(S(=O)(=O)C(F)(F)F)ccc1Oc1cccc(-n2ccnn2)c1. The first-order chi connectivity index (χ1) is 13.1. The topological polar surface area (TPSA) is 117 Å². The number of hydrogen-bond donors (Lipinski definition) is 0. The number of sulfone groups is 1. The molecule has 0 aliphatic rings. The molecule has 28 heavy (non-hydrogen) atoms. The zero-order valence-corrected chi connectivity index (χ0v) is 14.4. The maximum absolute atomic E-state index is 12.7. The molecule has 0 atom stereocenters. The highest BCUT2D eigenvalue weighted by Crippen LogP contribution is 2.37. The molecule has 0 unspecified atom stereocenters. The molecule has 3 rings (SSSR count). The molecule has 0 aliphatic heterocycles. The summed E-state index contributed by atoms with van der Waals surface area (Å²) in [6, 6.07) is 7.80. The average Bonchev–Trinajstić information content (AvgIpc) is 3.15. The quantitative estimate of drug-likeness (QED) is 0.464. The molecule has 9 nitrogen and oxygen atoms in total. The highest BCUT2D eigenvalue weighted by atomic mass is 32.2. The van der Waals surface area contributed by atoms with E-state index in [0.717, 1.165) is 6.07 Å². The molecule has 13 heteroatoms. The molecule has 1 aromatic heterocycles. The Bertz CT molecular complexity index is 1130. The van der Waals surface area contributed by atoms with Crippen LogP contribution in [0.15, 0.2) is 59.8 Å². The summed E-state index contributed by atoms with van der Waals surface area (Å²) in [6.45, 7) is 0. The minimum atomic E-state index is -5.74. The molecular formula is C15H9F3N4O5S. The van der Waals surface area contributed by atoms with Gasteiger partial charge in [0.1, 0.15) is 5.75 Å². The first-order valence-corrected chi connectivity index (χ1v) is 8.82. The van der Waals surface area contributed by atoms with Crippen molar-refractivity contribution in [3.63, 3.8) is 0 Å². The highest BCUT2D eigenvalue weighted by molar-refractivity contribution is 7.92. The average molecular weight is 414 g/mol. The van der Waals surface area contributed by atoms with Crippen molar-refractivity contribution >= 4 is 15.5 Å². The molecule has 0 aliphatic carbocycles. The monoisotopic (exact) mass is 414 g/mol. The van der Waals surface area contributed by atoms with E-state index in [9.17, 15) is 31.7 Å². The van der Waals surface area contributed by atoms with Crippen LogP contribution in [0.5, 0.6) is 11.5 Å². The molecule has 0 saturated carbocycles. The van der Waals surface area contributed by atoms with Gasteiger partial charge in [0.25, 0.3) is 9.84 Å². The van der Waals surface area contributed by atoms with E-state index in [2.05, 4.69) is 10.3 Å². The van der Waals surface area contributed by atoms with Crippen LogP contribution in [0.2, 0.25) is 0 Å². The maximum atomic E-state index is 12.7. The molecule has 146 valence electrons. The second-order valence-electron chi connectivity index (χ2n) is 5.28. The van der Waals surface area contributed by atoms with Crippen LogP contribution in [-0.4, -0.2) is 33.8 Å². The van der Waals surface area contributed by atoms with E-state index < -0.39 is 36.6 Å². The molecule has 2 aromatic carbocycles. The number of nitro benzene ring substituents is 1. The summed E-state index contributed by atoms with van der Waals surface area (Å²) in [4.78, 5) is 8.93. The standard InChI is InChI=1S/C15H9F3N4O5S/c16-15(17,18)28(25,26)12-4-5-14(13(9-12)22(23)24)27-11-3-1-2-10(8-11)21-7-6-19-20-21/h1-9H. The summed E-state index contributed by atoms with van der Waals surface area (Å²) in [5.41, 5.74) is -6.01. The second kappa shape index (κ2) is 6.92. The van der Waals surface area contributed by atoms with Crippen LogP contribution in [0.25, 0.3) is 5.69 Å². The number of halogens is 3. The van der Waals surface area contributed by atoms with E-state index in [1.165, 1.54) is 23.0 Å². The predicted octanol–water partition coefficient (Wildman–Crippen LogP) is 3.26. The number of nitrogens with zero attached hydrogens (tertiary/aromatic N) is 4.